The summed E-state index contributed by atoms with van der Waals surface area (Å²) in [6.07, 6.45) is 3.25. The van der Waals surface area contributed by atoms with Gasteiger partial charge in [-0.05, 0) is 43.3 Å². The summed E-state index contributed by atoms with van der Waals surface area (Å²) in [6.45, 7) is 1.65. The molecule has 1 N–H and O–H groups in total. The van der Waals surface area contributed by atoms with Gasteiger partial charge in [-0.15, -0.1) is 0 Å². The van der Waals surface area contributed by atoms with Gasteiger partial charge in [0, 0.05) is 37.7 Å². The number of nitrogens with zero attached hydrogens (tertiary/aromatic N) is 3. The molecule has 0 aliphatic rings. The molecule has 1 aromatic heterocycles. The van der Waals surface area contributed by atoms with Crippen molar-refractivity contribution in [1.82, 2.24) is 14.5 Å². The number of aryl methyl sites for hydroxylation is 1. The molecule has 0 unspecified atom stereocenters. The van der Waals surface area contributed by atoms with Crippen molar-refractivity contribution in [2.45, 2.75) is 6.92 Å². The topological polar surface area (TPSA) is 76.5 Å². The Bertz CT molecular complexity index is 1050. The number of hydrogen-bond acceptors (Lipinski definition) is 4. The first kappa shape index (κ1) is 20.1. The molecule has 150 valence electrons. The number of benzene rings is 2. The van der Waals surface area contributed by atoms with Crippen LogP contribution in [0, 0.1) is 12.7 Å². The Morgan fingerprint density at radius 3 is 2.66 bits per heavy atom. The van der Waals surface area contributed by atoms with Crippen LogP contribution in [0.15, 0.2) is 54.9 Å². The first-order valence-electron chi connectivity index (χ1n) is 8.89. The van der Waals surface area contributed by atoms with Crippen molar-refractivity contribution < 1.29 is 18.7 Å². The molecule has 8 heteroatoms. The van der Waals surface area contributed by atoms with Crippen LogP contribution in [0.1, 0.15) is 16.2 Å². The Morgan fingerprint density at radius 1 is 1.21 bits per heavy atom. The molecule has 29 heavy (non-hydrogen) atoms. The van der Waals surface area contributed by atoms with Crippen molar-refractivity contribution in [3.63, 3.8) is 0 Å². The second-order valence-corrected chi connectivity index (χ2v) is 6.57. The molecule has 3 rings (SSSR count). The number of halogens is 1. The summed E-state index contributed by atoms with van der Waals surface area (Å²) in [5, 5.41) is 2.66. The zero-order valence-corrected chi connectivity index (χ0v) is 16.3. The number of ether oxygens (including phenoxy) is 1. The van der Waals surface area contributed by atoms with Crippen LogP contribution in [-0.4, -0.2) is 47.0 Å². The number of amides is 2. The van der Waals surface area contributed by atoms with Crippen molar-refractivity contribution >= 4 is 17.5 Å². The van der Waals surface area contributed by atoms with E-state index in [-0.39, 0.29) is 12.5 Å². The maximum atomic E-state index is 14.5. The number of nitrogens with one attached hydrogen (secondary N) is 1. The second kappa shape index (κ2) is 8.55. The van der Waals surface area contributed by atoms with E-state index >= 15 is 0 Å². The molecule has 0 spiro atoms. The molecular weight excluding hydrogens is 375 g/mol. The smallest absolute Gasteiger partial charge is 0.259 e. The Kier molecular flexibility index (Phi) is 5.92. The molecule has 0 radical (unpaired) electrons. The van der Waals surface area contributed by atoms with Crippen LogP contribution in [0.3, 0.4) is 0 Å². The predicted molar refractivity (Wildman–Crippen MR) is 107 cm³/mol. The van der Waals surface area contributed by atoms with Crippen molar-refractivity contribution in [3.8, 4) is 11.4 Å². The summed E-state index contributed by atoms with van der Waals surface area (Å²) >= 11 is 0. The SMILES string of the molecule is Cc1nccn1-c1ccc(NC(=O)c2cccc(OCC(=O)N(C)C)c2)cc1F. The lowest BCUT2D eigenvalue weighted by Gasteiger charge is -2.12. The summed E-state index contributed by atoms with van der Waals surface area (Å²) in [4.78, 5) is 29.6. The minimum atomic E-state index is -0.483. The van der Waals surface area contributed by atoms with Crippen molar-refractivity contribution in [2.75, 3.05) is 26.0 Å². The van der Waals surface area contributed by atoms with Crippen molar-refractivity contribution in [3.05, 3.63) is 72.1 Å². The van der Waals surface area contributed by atoms with E-state index in [4.69, 9.17) is 4.74 Å². The summed E-state index contributed by atoms with van der Waals surface area (Å²) in [5.41, 5.74) is 0.997. The third kappa shape index (κ3) is 4.78. The van der Waals surface area contributed by atoms with Gasteiger partial charge in [0.15, 0.2) is 6.61 Å². The number of imidazole rings is 1. The highest BCUT2D eigenvalue weighted by Crippen LogP contribution is 2.21. The van der Waals surface area contributed by atoms with Gasteiger partial charge >= 0.3 is 0 Å². The highest BCUT2D eigenvalue weighted by molar-refractivity contribution is 6.04. The third-order valence-corrected chi connectivity index (χ3v) is 4.25. The molecule has 1 heterocycles. The van der Waals surface area contributed by atoms with Crippen LogP contribution >= 0.6 is 0 Å². The van der Waals surface area contributed by atoms with E-state index < -0.39 is 11.7 Å². The number of anilines is 1. The fraction of sp³-hybridized carbons (Fsp3) is 0.190. The molecule has 0 aliphatic carbocycles. The minimum absolute atomic E-state index is 0.127. The van der Waals surface area contributed by atoms with Gasteiger partial charge in [-0.25, -0.2) is 9.37 Å². The van der Waals surface area contributed by atoms with E-state index in [1.165, 1.54) is 17.0 Å². The molecule has 7 nitrogen and oxygen atoms in total. The van der Waals surface area contributed by atoms with E-state index in [1.807, 2.05) is 0 Å². The van der Waals surface area contributed by atoms with E-state index in [0.717, 1.165) is 0 Å². The average Bonchev–Trinajstić information content (AvgIpc) is 3.12. The first-order chi connectivity index (χ1) is 13.8. The van der Waals surface area contributed by atoms with Gasteiger partial charge < -0.3 is 19.5 Å². The normalized spacial score (nSPS) is 10.5. The lowest BCUT2D eigenvalue weighted by Crippen LogP contribution is -2.27. The Labute approximate surface area is 167 Å². The highest BCUT2D eigenvalue weighted by atomic mass is 19.1. The van der Waals surface area contributed by atoms with Crippen molar-refractivity contribution in [1.29, 1.82) is 0 Å². The Morgan fingerprint density at radius 2 is 2.00 bits per heavy atom. The summed E-state index contributed by atoms with van der Waals surface area (Å²) < 4.78 is 21.5. The third-order valence-electron chi connectivity index (χ3n) is 4.25. The fourth-order valence-electron chi connectivity index (χ4n) is 2.62. The molecule has 0 saturated heterocycles. The minimum Gasteiger partial charge on any atom is -0.484 e. The summed E-state index contributed by atoms with van der Waals surface area (Å²) in [5.74, 6) is -0.0395. The number of rotatable bonds is 6. The molecule has 0 saturated carbocycles. The van der Waals surface area contributed by atoms with Gasteiger partial charge in [0.2, 0.25) is 0 Å². The van der Waals surface area contributed by atoms with E-state index in [1.54, 1.807) is 68.3 Å². The van der Waals surface area contributed by atoms with Gasteiger partial charge in [-0.3, -0.25) is 9.59 Å². The van der Waals surface area contributed by atoms with E-state index in [2.05, 4.69) is 10.3 Å². The number of aromatic nitrogens is 2. The van der Waals surface area contributed by atoms with E-state index in [0.29, 0.717) is 28.5 Å². The van der Waals surface area contributed by atoms with E-state index in [9.17, 15) is 14.0 Å². The predicted octanol–water partition coefficient (Wildman–Crippen LogP) is 3.04. The first-order valence-corrected chi connectivity index (χ1v) is 8.89. The van der Waals surface area contributed by atoms with Crippen LogP contribution < -0.4 is 10.1 Å². The molecule has 0 fully saturated rings. The molecule has 3 aromatic rings. The van der Waals surface area contributed by atoms with Crippen LogP contribution in [0.2, 0.25) is 0 Å². The molecule has 2 amide bonds. The maximum absolute atomic E-state index is 14.5. The van der Waals surface area contributed by atoms with Crippen LogP contribution in [0.5, 0.6) is 5.75 Å². The van der Waals surface area contributed by atoms with Gasteiger partial charge in [-0.1, -0.05) is 6.07 Å². The number of carbonyl (C=O) groups excluding carboxylic acids is 2. The van der Waals surface area contributed by atoms with Gasteiger partial charge in [0.25, 0.3) is 11.8 Å². The van der Waals surface area contributed by atoms with Gasteiger partial charge in [0.1, 0.15) is 17.4 Å². The van der Waals surface area contributed by atoms with Crippen molar-refractivity contribution in [2.24, 2.45) is 0 Å². The molecule has 2 aromatic carbocycles. The van der Waals surface area contributed by atoms with Gasteiger partial charge in [0.05, 0.1) is 5.69 Å². The van der Waals surface area contributed by atoms with Gasteiger partial charge in [-0.2, -0.15) is 0 Å². The maximum Gasteiger partial charge on any atom is 0.259 e. The molecule has 0 aliphatic heterocycles. The number of carbonyl (C=O) groups is 2. The average molecular weight is 396 g/mol. The summed E-state index contributed by atoms with van der Waals surface area (Å²) in [7, 11) is 3.27. The zero-order chi connectivity index (χ0) is 21.0. The highest BCUT2D eigenvalue weighted by Gasteiger charge is 2.12. The monoisotopic (exact) mass is 396 g/mol. The Hall–Kier alpha value is -3.68. The fourth-order valence-corrected chi connectivity index (χ4v) is 2.62. The largest absolute Gasteiger partial charge is 0.484 e. The summed E-state index contributed by atoms with van der Waals surface area (Å²) in [6, 6.07) is 10.9. The standard InChI is InChI=1S/C21H21FN4O3/c1-14-23-9-10-26(14)19-8-7-16(12-18(19)22)24-21(28)15-5-4-6-17(11-15)29-13-20(27)25(2)3/h4-12H,13H2,1-3H3,(H,24,28). The number of likely N-dealkylation sites (N-methyl/N-ethyl adjacent to an activating group) is 1. The molecule has 0 bridgehead atoms. The van der Waals surface area contributed by atoms with Crippen LogP contribution in [-0.2, 0) is 4.79 Å². The lowest BCUT2D eigenvalue weighted by atomic mass is 10.2. The second-order valence-electron chi connectivity index (χ2n) is 6.57. The van der Waals surface area contributed by atoms with Crippen LogP contribution in [0.4, 0.5) is 10.1 Å². The quantitative estimate of drug-likeness (QED) is 0.695. The Balaban J connectivity index is 1.70. The lowest BCUT2D eigenvalue weighted by molar-refractivity contribution is -0.130. The number of hydrogen-bond donors (Lipinski definition) is 1. The molecule has 0 atom stereocenters. The zero-order valence-electron chi connectivity index (χ0n) is 16.3. The molecular formula is C21H21FN4O3. The van der Waals surface area contributed by atoms with Crippen LogP contribution in [0.25, 0.3) is 5.69 Å².